The predicted octanol–water partition coefficient (Wildman–Crippen LogP) is 7.39. The number of carbonyl (C=O) groups is 6. The van der Waals surface area contributed by atoms with Gasteiger partial charge in [-0.15, -0.1) is 0 Å². The molecule has 2 aliphatic rings. The van der Waals surface area contributed by atoms with E-state index in [2.05, 4.69) is 16.0 Å². The van der Waals surface area contributed by atoms with Crippen LogP contribution in [-0.2, 0) is 54.5 Å². The van der Waals surface area contributed by atoms with Crippen molar-refractivity contribution in [1.82, 2.24) is 16.0 Å². The number of ether oxygens (including phenoxy) is 1. The fraction of sp³-hybridized carbons (Fsp3) is 0.236. The van der Waals surface area contributed by atoms with Crippen molar-refractivity contribution in [2.45, 2.75) is 57.0 Å². The molecule has 336 valence electrons. The van der Waals surface area contributed by atoms with E-state index in [1.807, 2.05) is 140 Å². The molecule has 0 fully saturated rings. The van der Waals surface area contributed by atoms with E-state index in [4.69, 9.17) is 4.74 Å². The van der Waals surface area contributed by atoms with Gasteiger partial charge in [0.15, 0.2) is 11.6 Å². The van der Waals surface area contributed by atoms with Gasteiger partial charge in [-0.25, -0.2) is 0 Å². The fourth-order valence-corrected chi connectivity index (χ4v) is 8.20. The number of fused-ring (bicyclic) bond motifs is 16. The van der Waals surface area contributed by atoms with Crippen molar-refractivity contribution in [2.75, 3.05) is 13.2 Å². The molecule has 0 aromatic heterocycles. The Bertz CT molecular complexity index is 2580. The van der Waals surface area contributed by atoms with Crippen molar-refractivity contribution in [3.05, 3.63) is 186 Å². The average molecular weight is 884 g/mol. The highest BCUT2D eigenvalue weighted by Gasteiger charge is 2.33. The van der Waals surface area contributed by atoms with E-state index in [9.17, 15) is 33.9 Å². The number of carboxylic acid groups (broad SMARTS) is 1. The number of rotatable bonds is 12. The highest BCUT2D eigenvalue weighted by Crippen LogP contribution is 2.25. The van der Waals surface area contributed by atoms with Crippen LogP contribution in [0.25, 0.3) is 22.3 Å². The minimum Gasteiger partial charge on any atom is -0.486 e. The number of carbonyl (C=O) groups excluding carboxylic acids is 5. The molecule has 4 N–H and O–H groups in total. The Labute approximate surface area is 384 Å². The number of Topliss-reactive ketones (excluding diaryl/α,β-unsaturated/α-hetero) is 2. The Hall–Kier alpha value is -7.66. The van der Waals surface area contributed by atoms with E-state index in [0.29, 0.717) is 17.7 Å². The van der Waals surface area contributed by atoms with Gasteiger partial charge >= 0.3 is 5.97 Å². The van der Waals surface area contributed by atoms with Gasteiger partial charge in [-0.05, 0) is 82.3 Å². The first-order chi connectivity index (χ1) is 32.1. The predicted molar refractivity (Wildman–Crippen MR) is 252 cm³/mol. The zero-order valence-electron chi connectivity index (χ0n) is 36.6. The van der Waals surface area contributed by atoms with Crippen LogP contribution in [0, 0.1) is 11.8 Å². The number of carboxylic acids is 1. The molecule has 0 saturated carbocycles. The zero-order chi connectivity index (χ0) is 46.3. The van der Waals surface area contributed by atoms with Crippen molar-refractivity contribution in [2.24, 2.45) is 11.8 Å². The normalized spacial score (nSPS) is 18.4. The largest absolute Gasteiger partial charge is 0.486 e. The van der Waals surface area contributed by atoms with Gasteiger partial charge in [-0.3, -0.25) is 28.8 Å². The lowest BCUT2D eigenvalue weighted by molar-refractivity contribution is -0.139. The summed E-state index contributed by atoms with van der Waals surface area (Å²) < 4.78 is 5.88. The van der Waals surface area contributed by atoms with Gasteiger partial charge < -0.3 is 25.8 Å². The third kappa shape index (κ3) is 13.4. The summed E-state index contributed by atoms with van der Waals surface area (Å²) in [6.07, 6.45) is 0.478. The van der Waals surface area contributed by atoms with Crippen molar-refractivity contribution >= 4 is 35.3 Å². The maximum absolute atomic E-state index is 14.7. The Morgan fingerprint density at radius 2 is 1.09 bits per heavy atom. The molecule has 4 atom stereocenters. The standard InChI is InChI=1S/C55H53N3O8/c59-47-33-45(30-38-16-23-43(24-17-38)41-12-6-2-7-13-41)54(64)58-50(32-40-18-25-44(26-19-40)42-14-8-3-9-15-42)55(65)57-49(29-22-37-10-4-1-5-11-37)51(60)34-46(53(63)56-35-52(61)62)31-39-20-27-48(28-21-39)66-36-47/h1-21,23-28,45-46,49-50H,22,29-36H2,(H,56,63)(H,57,65)(H,58,64)(H,61,62)/t45-,46-,49+,50-/m1/s1. The van der Waals surface area contributed by atoms with Crippen LogP contribution in [0.1, 0.15) is 41.5 Å². The second-order valence-electron chi connectivity index (χ2n) is 16.7. The first kappa shape index (κ1) is 46.3. The van der Waals surface area contributed by atoms with Crippen LogP contribution in [0.5, 0.6) is 5.75 Å². The molecule has 6 aromatic carbocycles. The Morgan fingerprint density at radius 1 is 0.561 bits per heavy atom. The summed E-state index contributed by atoms with van der Waals surface area (Å²) in [7, 11) is 0. The average Bonchev–Trinajstić information content (AvgIpc) is 3.34. The van der Waals surface area contributed by atoms with Crippen LogP contribution in [0.2, 0.25) is 0 Å². The second kappa shape index (κ2) is 22.8. The molecule has 0 spiro atoms. The molecular weight excluding hydrogens is 831 g/mol. The van der Waals surface area contributed by atoms with E-state index < -0.39 is 59.9 Å². The highest BCUT2D eigenvalue weighted by atomic mass is 16.5. The van der Waals surface area contributed by atoms with Crippen molar-refractivity contribution in [3.8, 4) is 28.0 Å². The van der Waals surface area contributed by atoms with Gasteiger partial charge in [0.2, 0.25) is 17.7 Å². The molecule has 0 radical (unpaired) electrons. The van der Waals surface area contributed by atoms with Gasteiger partial charge in [0.25, 0.3) is 0 Å². The number of amides is 3. The third-order valence-electron chi connectivity index (χ3n) is 11.8. The lowest BCUT2D eigenvalue weighted by atomic mass is 9.89. The molecule has 11 nitrogen and oxygen atoms in total. The number of nitrogens with one attached hydrogen (secondary N) is 3. The van der Waals surface area contributed by atoms with Gasteiger partial charge in [-0.2, -0.15) is 0 Å². The van der Waals surface area contributed by atoms with Gasteiger partial charge in [0.05, 0.1) is 6.04 Å². The molecule has 2 heterocycles. The number of ketones is 2. The first-order valence-corrected chi connectivity index (χ1v) is 22.3. The van der Waals surface area contributed by atoms with Gasteiger partial charge in [0, 0.05) is 31.1 Å². The third-order valence-corrected chi connectivity index (χ3v) is 11.8. The number of benzene rings is 6. The Balaban J connectivity index is 1.22. The summed E-state index contributed by atoms with van der Waals surface area (Å²) >= 11 is 0. The molecule has 0 saturated heterocycles. The van der Waals surface area contributed by atoms with E-state index in [1.165, 1.54) is 0 Å². The number of aryl methyl sites for hydroxylation is 1. The Morgan fingerprint density at radius 3 is 1.67 bits per heavy atom. The number of hydrogen-bond acceptors (Lipinski definition) is 7. The summed E-state index contributed by atoms with van der Waals surface area (Å²) in [6.45, 7) is -0.947. The molecule has 0 unspecified atom stereocenters. The van der Waals surface area contributed by atoms with Crippen LogP contribution in [0.4, 0.5) is 0 Å². The number of hydrogen-bond donors (Lipinski definition) is 4. The molecule has 66 heavy (non-hydrogen) atoms. The van der Waals surface area contributed by atoms with E-state index >= 15 is 0 Å². The zero-order valence-corrected chi connectivity index (χ0v) is 36.6. The highest BCUT2D eigenvalue weighted by molar-refractivity contribution is 5.96. The van der Waals surface area contributed by atoms with Crippen LogP contribution < -0.4 is 20.7 Å². The van der Waals surface area contributed by atoms with E-state index in [1.54, 1.807) is 24.3 Å². The Kier molecular flexibility index (Phi) is 16.0. The lowest BCUT2D eigenvalue weighted by Crippen LogP contribution is -2.54. The van der Waals surface area contributed by atoms with Crippen LogP contribution in [0.15, 0.2) is 164 Å². The molecule has 6 aromatic rings. The maximum atomic E-state index is 14.7. The maximum Gasteiger partial charge on any atom is 0.322 e. The topological polar surface area (TPSA) is 168 Å². The molecule has 2 bridgehead atoms. The summed E-state index contributed by atoms with van der Waals surface area (Å²) in [6, 6.07) is 49.2. The van der Waals surface area contributed by atoms with E-state index in [-0.39, 0.29) is 50.9 Å². The molecule has 3 amide bonds. The smallest absolute Gasteiger partial charge is 0.322 e. The summed E-state index contributed by atoms with van der Waals surface area (Å²) in [5, 5.41) is 17.7. The van der Waals surface area contributed by atoms with Crippen LogP contribution in [-0.4, -0.2) is 65.6 Å². The summed E-state index contributed by atoms with van der Waals surface area (Å²) in [5.74, 6) is -5.21. The van der Waals surface area contributed by atoms with Crippen molar-refractivity contribution < 1.29 is 38.6 Å². The van der Waals surface area contributed by atoms with Gasteiger partial charge in [-0.1, -0.05) is 152 Å². The van der Waals surface area contributed by atoms with Crippen LogP contribution in [0.3, 0.4) is 0 Å². The van der Waals surface area contributed by atoms with Crippen molar-refractivity contribution in [1.29, 1.82) is 0 Å². The molecule has 11 heteroatoms. The molecule has 8 rings (SSSR count). The first-order valence-electron chi connectivity index (χ1n) is 22.3. The van der Waals surface area contributed by atoms with Crippen molar-refractivity contribution in [3.63, 3.8) is 0 Å². The van der Waals surface area contributed by atoms with Gasteiger partial charge in [0.1, 0.15) is 24.9 Å². The lowest BCUT2D eigenvalue weighted by Gasteiger charge is -2.26. The summed E-state index contributed by atoms with van der Waals surface area (Å²) in [4.78, 5) is 82.5. The molecule has 0 aliphatic carbocycles. The quantitative estimate of drug-likeness (QED) is 0.0987. The second-order valence-corrected chi connectivity index (χ2v) is 16.7. The number of aliphatic carboxylic acids is 1. The fourth-order valence-electron chi connectivity index (χ4n) is 8.20. The molecule has 2 aliphatic heterocycles. The monoisotopic (exact) mass is 883 g/mol. The minimum atomic E-state index is -1.24. The van der Waals surface area contributed by atoms with E-state index in [0.717, 1.165) is 38.9 Å². The SMILES string of the molecule is O=C(O)CNC(=O)[C@H]1CC(=O)[C@H](CCc2ccccc2)NC(=O)[C@@H](Cc2ccc(-c3ccccc3)cc2)NC(=O)[C@H](Cc2ccc(-c3ccccc3)cc2)CC(=O)COc2ccc(cc2)C1. The minimum absolute atomic E-state index is 0.0655. The summed E-state index contributed by atoms with van der Waals surface area (Å²) in [5.41, 5.74) is 7.20. The molecular formula is C55H53N3O8. The van der Waals surface area contributed by atoms with Crippen LogP contribution >= 0.6 is 0 Å².